The van der Waals surface area contributed by atoms with E-state index in [0.29, 0.717) is 18.9 Å². The van der Waals surface area contributed by atoms with E-state index in [0.717, 1.165) is 11.8 Å². The summed E-state index contributed by atoms with van der Waals surface area (Å²) >= 11 is 0. The van der Waals surface area contributed by atoms with Crippen molar-refractivity contribution >= 4 is 5.95 Å². The predicted molar refractivity (Wildman–Crippen MR) is 102 cm³/mol. The Morgan fingerprint density at radius 1 is 1.07 bits per heavy atom. The van der Waals surface area contributed by atoms with E-state index in [2.05, 4.69) is 25.5 Å². The third kappa shape index (κ3) is 3.72. The fraction of sp³-hybridized carbons (Fsp3) is 0.421. The standard InChI is InChI=1S/C19H20F3N7O/c1-11-4-6-14(7-5-11)29-17(25-26-27-29)15-8-23-18(24-16(15)19(20,21)22)28-12(2)9-30-10-13(28)3/h4-8,12-13H,9-10H2,1-3H3/t12-,13-/m1/s1. The minimum Gasteiger partial charge on any atom is -0.377 e. The first-order chi connectivity index (χ1) is 14.3. The molecule has 0 aliphatic carbocycles. The molecule has 2 aromatic heterocycles. The summed E-state index contributed by atoms with van der Waals surface area (Å²) in [6, 6.07) is 6.80. The molecule has 0 radical (unpaired) electrons. The summed E-state index contributed by atoms with van der Waals surface area (Å²) in [7, 11) is 0. The van der Waals surface area contributed by atoms with Crippen LogP contribution in [0.3, 0.4) is 0 Å². The molecule has 1 aromatic carbocycles. The van der Waals surface area contributed by atoms with Gasteiger partial charge >= 0.3 is 6.18 Å². The summed E-state index contributed by atoms with van der Waals surface area (Å²) in [5.41, 5.74) is 0.172. The van der Waals surface area contributed by atoms with Crippen molar-refractivity contribution in [3.8, 4) is 17.1 Å². The molecule has 0 spiro atoms. The molecular formula is C19H20F3N7O. The van der Waals surface area contributed by atoms with Crippen molar-refractivity contribution in [2.24, 2.45) is 0 Å². The zero-order valence-corrected chi connectivity index (χ0v) is 16.6. The van der Waals surface area contributed by atoms with Crippen LogP contribution in [0.25, 0.3) is 17.1 Å². The molecule has 11 heteroatoms. The maximum Gasteiger partial charge on any atom is 0.434 e. The number of ether oxygens (including phenoxy) is 1. The van der Waals surface area contributed by atoms with Gasteiger partial charge in [0.25, 0.3) is 0 Å². The Balaban J connectivity index is 1.82. The molecule has 2 atom stereocenters. The van der Waals surface area contributed by atoms with E-state index < -0.39 is 11.9 Å². The monoisotopic (exact) mass is 419 g/mol. The number of tetrazole rings is 1. The van der Waals surface area contributed by atoms with Crippen LogP contribution < -0.4 is 4.90 Å². The summed E-state index contributed by atoms with van der Waals surface area (Å²) in [6.45, 7) is 6.41. The summed E-state index contributed by atoms with van der Waals surface area (Å²) < 4.78 is 48.6. The highest BCUT2D eigenvalue weighted by Crippen LogP contribution is 2.36. The third-order valence-electron chi connectivity index (χ3n) is 4.93. The summed E-state index contributed by atoms with van der Waals surface area (Å²) in [5.74, 6) is -0.0791. The maximum atomic E-state index is 14.0. The maximum absolute atomic E-state index is 14.0. The number of morpholine rings is 1. The molecule has 1 aliphatic rings. The van der Waals surface area contributed by atoms with Gasteiger partial charge in [-0.2, -0.15) is 17.9 Å². The van der Waals surface area contributed by atoms with E-state index >= 15 is 0 Å². The van der Waals surface area contributed by atoms with Gasteiger partial charge in [0, 0.05) is 6.20 Å². The molecule has 1 aliphatic heterocycles. The van der Waals surface area contributed by atoms with Crippen molar-refractivity contribution in [3.63, 3.8) is 0 Å². The first-order valence-electron chi connectivity index (χ1n) is 9.42. The van der Waals surface area contributed by atoms with E-state index in [1.165, 1.54) is 4.68 Å². The number of alkyl halides is 3. The summed E-state index contributed by atoms with van der Waals surface area (Å²) in [5, 5.41) is 11.2. The van der Waals surface area contributed by atoms with Gasteiger partial charge in [0.15, 0.2) is 11.5 Å². The van der Waals surface area contributed by atoms with Crippen LogP contribution in [0.15, 0.2) is 30.5 Å². The number of aryl methyl sites for hydroxylation is 1. The van der Waals surface area contributed by atoms with Gasteiger partial charge in [-0.05, 0) is 43.3 Å². The molecule has 0 saturated carbocycles. The topological polar surface area (TPSA) is 81.9 Å². The molecule has 3 aromatic rings. The molecule has 0 unspecified atom stereocenters. The van der Waals surface area contributed by atoms with E-state index in [-0.39, 0.29) is 29.4 Å². The van der Waals surface area contributed by atoms with E-state index in [9.17, 15) is 13.2 Å². The average molecular weight is 419 g/mol. The van der Waals surface area contributed by atoms with Crippen molar-refractivity contribution in [3.05, 3.63) is 41.7 Å². The lowest BCUT2D eigenvalue weighted by atomic mass is 10.1. The summed E-state index contributed by atoms with van der Waals surface area (Å²) in [6.07, 6.45) is -3.58. The SMILES string of the molecule is Cc1ccc(-n2nnnc2-c2cnc(N3[C@H](C)COC[C@H]3C)nc2C(F)(F)F)cc1. The van der Waals surface area contributed by atoms with Crippen LogP contribution >= 0.6 is 0 Å². The van der Waals surface area contributed by atoms with E-state index in [1.807, 2.05) is 32.9 Å². The second kappa shape index (κ2) is 7.63. The Morgan fingerprint density at radius 3 is 2.37 bits per heavy atom. The van der Waals surface area contributed by atoms with Crippen LogP contribution in [0, 0.1) is 6.92 Å². The number of halogens is 3. The van der Waals surface area contributed by atoms with Crippen LogP contribution in [0.4, 0.5) is 19.1 Å². The molecule has 0 N–H and O–H groups in total. The van der Waals surface area contributed by atoms with Crippen molar-refractivity contribution < 1.29 is 17.9 Å². The lowest BCUT2D eigenvalue weighted by Gasteiger charge is -2.38. The number of rotatable bonds is 3. The number of hydrogen-bond acceptors (Lipinski definition) is 7. The quantitative estimate of drug-likeness (QED) is 0.645. The predicted octanol–water partition coefficient (Wildman–Crippen LogP) is 3.06. The number of nitrogens with zero attached hydrogens (tertiary/aromatic N) is 7. The molecular weight excluding hydrogens is 399 g/mol. The smallest absolute Gasteiger partial charge is 0.377 e. The van der Waals surface area contributed by atoms with Crippen LogP contribution in [0.1, 0.15) is 25.1 Å². The Kier molecular flexibility index (Phi) is 5.14. The minimum atomic E-state index is -4.71. The largest absolute Gasteiger partial charge is 0.434 e. The minimum absolute atomic E-state index is 0.00346. The van der Waals surface area contributed by atoms with Crippen molar-refractivity contribution in [2.45, 2.75) is 39.0 Å². The van der Waals surface area contributed by atoms with Gasteiger partial charge in [-0.25, -0.2) is 9.97 Å². The van der Waals surface area contributed by atoms with Gasteiger partial charge in [0.2, 0.25) is 5.95 Å². The third-order valence-corrected chi connectivity index (χ3v) is 4.93. The normalized spacial score (nSPS) is 19.9. The second-order valence-corrected chi connectivity index (χ2v) is 7.32. The molecule has 1 saturated heterocycles. The van der Waals surface area contributed by atoms with Crippen LogP contribution in [-0.2, 0) is 10.9 Å². The van der Waals surface area contributed by atoms with Gasteiger partial charge in [0.1, 0.15) is 0 Å². The van der Waals surface area contributed by atoms with E-state index in [1.54, 1.807) is 17.0 Å². The van der Waals surface area contributed by atoms with Crippen LogP contribution in [0.5, 0.6) is 0 Å². The van der Waals surface area contributed by atoms with Gasteiger partial charge in [0.05, 0.1) is 36.5 Å². The molecule has 0 amide bonds. The average Bonchev–Trinajstić information content (AvgIpc) is 3.17. The highest BCUT2D eigenvalue weighted by molar-refractivity contribution is 5.61. The van der Waals surface area contributed by atoms with Crippen molar-refractivity contribution in [1.29, 1.82) is 0 Å². The zero-order chi connectivity index (χ0) is 21.5. The van der Waals surface area contributed by atoms with Crippen LogP contribution in [0.2, 0.25) is 0 Å². The molecule has 4 rings (SSSR count). The molecule has 0 bridgehead atoms. The van der Waals surface area contributed by atoms with Gasteiger partial charge < -0.3 is 9.64 Å². The Labute approximate surface area is 170 Å². The number of anilines is 1. The van der Waals surface area contributed by atoms with Gasteiger partial charge in [-0.1, -0.05) is 17.7 Å². The first kappa shape index (κ1) is 20.2. The molecule has 1 fully saturated rings. The first-order valence-corrected chi connectivity index (χ1v) is 9.42. The van der Waals surface area contributed by atoms with Gasteiger partial charge in [-0.3, -0.25) is 0 Å². The van der Waals surface area contributed by atoms with Crippen molar-refractivity contribution in [1.82, 2.24) is 30.2 Å². The lowest BCUT2D eigenvalue weighted by Crippen LogP contribution is -2.50. The summed E-state index contributed by atoms with van der Waals surface area (Å²) in [4.78, 5) is 9.87. The van der Waals surface area contributed by atoms with Crippen LogP contribution in [-0.4, -0.2) is 55.5 Å². The Morgan fingerprint density at radius 2 is 1.73 bits per heavy atom. The molecule has 158 valence electrons. The molecule has 8 nitrogen and oxygen atoms in total. The number of aromatic nitrogens is 6. The zero-order valence-electron chi connectivity index (χ0n) is 16.6. The van der Waals surface area contributed by atoms with E-state index in [4.69, 9.17) is 4.74 Å². The Bertz CT molecular complexity index is 1030. The number of hydrogen-bond donors (Lipinski definition) is 0. The Hall–Kier alpha value is -3.08. The fourth-order valence-electron chi connectivity index (χ4n) is 3.49. The van der Waals surface area contributed by atoms with Gasteiger partial charge in [-0.15, -0.1) is 5.10 Å². The molecule has 3 heterocycles. The fourth-order valence-corrected chi connectivity index (χ4v) is 3.49. The lowest BCUT2D eigenvalue weighted by molar-refractivity contribution is -0.140. The highest BCUT2D eigenvalue weighted by Gasteiger charge is 2.39. The number of benzene rings is 1. The molecule has 30 heavy (non-hydrogen) atoms. The van der Waals surface area contributed by atoms with Crippen molar-refractivity contribution in [2.75, 3.05) is 18.1 Å². The highest BCUT2D eigenvalue weighted by atomic mass is 19.4. The second-order valence-electron chi connectivity index (χ2n) is 7.32.